The summed E-state index contributed by atoms with van der Waals surface area (Å²) in [6.45, 7) is 0.465. The summed E-state index contributed by atoms with van der Waals surface area (Å²) >= 11 is 9.37. The van der Waals surface area contributed by atoms with Crippen LogP contribution in [0.5, 0.6) is 0 Å². The number of rotatable bonds is 2. The Morgan fingerprint density at radius 2 is 1.95 bits per heavy atom. The molecule has 0 spiro atoms. The van der Waals surface area contributed by atoms with Gasteiger partial charge in [-0.2, -0.15) is 0 Å². The van der Waals surface area contributed by atoms with Gasteiger partial charge in [0.05, 0.1) is 6.54 Å². The van der Waals surface area contributed by atoms with Gasteiger partial charge < -0.3 is 4.57 Å². The maximum absolute atomic E-state index is 13.8. The van der Waals surface area contributed by atoms with Crippen LogP contribution in [-0.4, -0.2) is 4.57 Å². The smallest absolute Gasteiger partial charge is 0.128 e. The van der Waals surface area contributed by atoms with E-state index in [9.17, 15) is 4.39 Å². The maximum Gasteiger partial charge on any atom is 0.128 e. The quantitative estimate of drug-likeness (QED) is 0.602. The predicted molar refractivity (Wildman–Crippen MR) is 80.2 cm³/mol. The molecule has 4 heteroatoms. The molecule has 0 saturated carbocycles. The monoisotopic (exact) mass is 337 g/mol. The van der Waals surface area contributed by atoms with Crippen molar-refractivity contribution in [1.29, 1.82) is 0 Å². The molecule has 0 fully saturated rings. The van der Waals surface area contributed by atoms with Crippen molar-refractivity contribution in [1.82, 2.24) is 4.57 Å². The van der Waals surface area contributed by atoms with E-state index in [1.165, 1.54) is 6.07 Å². The zero-order valence-electron chi connectivity index (χ0n) is 9.91. The molecule has 19 heavy (non-hydrogen) atoms. The summed E-state index contributed by atoms with van der Waals surface area (Å²) in [7, 11) is 0. The van der Waals surface area contributed by atoms with Gasteiger partial charge in [-0.25, -0.2) is 4.39 Å². The van der Waals surface area contributed by atoms with Crippen molar-refractivity contribution in [2.45, 2.75) is 6.54 Å². The van der Waals surface area contributed by atoms with E-state index in [1.54, 1.807) is 12.1 Å². The van der Waals surface area contributed by atoms with E-state index in [-0.39, 0.29) is 5.82 Å². The molecular formula is C15H10BrClFN. The Balaban J connectivity index is 2.05. The highest BCUT2D eigenvalue weighted by Gasteiger charge is 2.07. The van der Waals surface area contributed by atoms with E-state index >= 15 is 0 Å². The van der Waals surface area contributed by atoms with Gasteiger partial charge in [-0.1, -0.05) is 33.6 Å². The molecule has 1 aromatic heterocycles. The lowest BCUT2D eigenvalue weighted by molar-refractivity contribution is 0.602. The molecule has 0 amide bonds. The van der Waals surface area contributed by atoms with E-state index in [2.05, 4.69) is 15.9 Å². The minimum absolute atomic E-state index is 0.235. The highest BCUT2D eigenvalue weighted by atomic mass is 79.9. The Morgan fingerprint density at radius 1 is 1.11 bits per heavy atom. The summed E-state index contributed by atoms with van der Waals surface area (Å²) in [5, 5.41) is 1.68. The van der Waals surface area contributed by atoms with Crippen LogP contribution < -0.4 is 0 Å². The van der Waals surface area contributed by atoms with Crippen LogP contribution in [-0.2, 0) is 6.54 Å². The van der Waals surface area contributed by atoms with Crippen LogP contribution in [0.1, 0.15) is 5.56 Å². The number of halogens is 3. The number of fused-ring (bicyclic) bond motifs is 1. The zero-order valence-corrected chi connectivity index (χ0v) is 12.2. The van der Waals surface area contributed by atoms with Crippen LogP contribution in [0.4, 0.5) is 4.39 Å². The second-order valence-electron chi connectivity index (χ2n) is 4.38. The third-order valence-corrected chi connectivity index (χ3v) is 3.81. The van der Waals surface area contributed by atoms with Gasteiger partial charge in [0.2, 0.25) is 0 Å². The summed E-state index contributed by atoms with van der Waals surface area (Å²) in [6.07, 6.45) is 1.96. The molecule has 1 heterocycles. The average Bonchev–Trinajstić information content (AvgIpc) is 2.77. The van der Waals surface area contributed by atoms with Gasteiger partial charge in [-0.3, -0.25) is 0 Å². The van der Waals surface area contributed by atoms with Gasteiger partial charge in [0.25, 0.3) is 0 Å². The second-order valence-corrected chi connectivity index (χ2v) is 5.73. The Labute approximate surface area is 123 Å². The van der Waals surface area contributed by atoms with E-state index in [4.69, 9.17) is 11.6 Å². The van der Waals surface area contributed by atoms with Crippen LogP contribution in [0.15, 0.2) is 53.1 Å². The van der Waals surface area contributed by atoms with E-state index in [0.717, 1.165) is 15.4 Å². The van der Waals surface area contributed by atoms with Gasteiger partial charge in [0, 0.05) is 26.8 Å². The SMILES string of the molecule is Fc1ccc(Cl)cc1Cn1ccc2ccc(Br)cc21. The minimum atomic E-state index is -0.235. The van der Waals surface area contributed by atoms with Crippen LogP contribution in [0.25, 0.3) is 10.9 Å². The first-order valence-electron chi connectivity index (χ1n) is 5.82. The Morgan fingerprint density at radius 3 is 2.79 bits per heavy atom. The number of aromatic nitrogens is 1. The molecule has 0 unspecified atom stereocenters. The van der Waals surface area contributed by atoms with Gasteiger partial charge in [-0.15, -0.1) is 0 Å². The summed E-state index contributed by atoms with van der Waals surface area (Å²) in [5.74, 6) is -0.235. The van der Waals surface area contributed by atoms with Gasteiger partial charge in [0.1, 0.15) is 5.82 Å². The first kappa shape index (κ1) is 12.7. The minimum Gasteiger partial charge on any atom is -0.343 e. The largest absolute Gasteiger partial charge is 0.343 e. The summed E-state index contributed by atoms with van der Waals surface area (Å²) < 4.78 is 16.8. The normalized spacial score (nSPS) is 11.1. The average molecular weight is 339 g/mol. The molecular weight excluding hydrogens is 329 g/mol. The molecule has 2 aromatic carbocycles. The molecule has 3 rings (SSSR count). The lowest BCUT2D eigenvalue weighted by Crippen LogP contribution is -2.00. The van der Waals surface area contributed by atoms with Crippen LogP contribution in [0.3, 0.4) is 0 Å². The standard InChI is InChI=1S/C15H10BrClFN/c16-12-2-1-10-5-6-19(15(10)8-12)9-11-7-13(17)3-4-14(11)18/h1-8H,9H2. The lowest BCUT2D eigenvalue weighted by Gasteiger charge is -2.07. The highest BCUT2D eigenvalue weighted by Crippen LogP contribution is 2.23. The number of hydrogen-bond acceptors (Lipinski definition) is 0. The molecule has 0 aliphatic carbocycles. The first-order valence-corrected chi connectivity index (χ1v) is 6.99. The fraction of sp³-hybridized carbons (Fsp3) is 0.0667. The van der Waals surface area contributed by atoms with Crippen LogP contribution >= 0.6 is 27.5 Å². The molecule has 0 N–H and O–H groups in total. The molecule has 0 bridgehead atoms. The van der Waals surface area contributed by atoms with Crippen molar-refractivity contribution < 1.29 is 4.39 Å². The third kappa shape index (κ3) is 2.53. The molecule has 1 nitrogen and oxygen atoms in total. The summed E-state index contributed by atoms with van der Waals surface area (Å²) in [6, 6.07) is 12.7. The fourth-order valence-corrected chi connectivity index (χ4v) is 2.69. The van der Waals surface area contributed by atoms with Crippen molar-refractivity contribution in [3.63, 3.8) is 0 Å². The van der Waals surface area contributed by atoms with Crippen molar-refractivity contribution in [3.05, 3.63) is 69.5 Å². The van der Waals surface area contributed by atoms with Crippen molar-refractivity contribution >= 4 is 38.4 Å². The Kier molecular flexibility index (Phi) is 3.33. The van der Waals surface area contributed by atoms with Crippen molar-refractivity contribution in [3.8, 4) is 0 Å². The molecule has 0 atom stereocenters. The van der Waals surface area contributed by atoms with Crippen LogP contribution in [0.2, 0.25) is 5.02 Å². The Bertz CT molecular complexity index is 751. The molecule has 0 saturated heterocycles. The third-order valence-electron chi connectivity index (χ3n) is 3.08. The van der Waals surface area contributed by atoms with E-state index < -0.39 is 0 Å². The summed E-state index contributed by atoms with van der Waals surface area (Å²) in [5.41, 5.74) is 1.65. The van der Waals surface area contributed by atoms with Gasteiger partial charge >= 0.3 is 0 Å². The van der Waals surface area contributed by atoms with Gasteiger partial charge in [0.15, 0.2) is 0 Å². The fourth-order valence-electron chi connectivity index (χ4n) is 2.14. The first-order chi connectivity index (χ1) is 9.13. The summed E-state index contributed by atoms with van der Waals surface area (Å²) in [4.78, 5) is 0. The van der Waals surface area contributed by atoms with E-state index in [0.29, 0.717) is 17.1 Å². The lowest BCUT2D eigenvalue weighted by atomic mass is 10.2. The van der Waals surface area contributed by atoms with Crippen LogP contribution in [0, 0.1) is 5.82 Å². The van der Waals surface area contributed by atoms with Gasteiger partial charge in [-0.05, 0) is 41.8 Å². The topological polar surface area (TPSA) is 4.93 Å². The zero-order chi connectivity index (χ0) is 13.4. The van der Waals surface area contributed by atoms with E-state index in [1.807, 2.05) is 35.0 Å². The molecule has 0 radical (unpaired) electrons. The molecule has 3 aromatic rings. The number of benzene rings is 2. The number of nitrogens with zero attached hydrogens (tertiary/aromatic N) is 1. The molecule has 0 aliphatic heterocycles. The highest BCUT2D eigenvalue weighted by molar-refractivity contribution is 9.10. The second kappa shape index (κ2) is 4.99. The molecule has 0 aliphatic rings. The van der Waals surface area contributed by atoms with Crippen molar-refractivity contribution in [2.24, 2.45) is 0 Å². The maximum atomic E-state index is 13.8. The molecule has 96 valence electrons. The Hall–Kier alpha value is -1.32. The van der Waals surface area contributed by atoms with Crippen molar-refractivity contribution in [2.75, 3.05) is 0 Å². The number of hydrogen-bond donors (Lipinski definition) is 0. The predicted octanol–water partition coefficient (Wildman–Crippen LogP) is 5.24.